The zero-order valence-corrected chi connectivity index (χ0v) is 14.8. The quantitative estimate of drug-likeness (QED) is 0.867. The predicted octanol–water partition coefficient (Wildman–Crippen LogP) is 2.52. The van der Waals surface area contributed by atoms with Crippen LogP contribution >= 0.6 is 0 Å². The van der Waals surface area contributed by atoms with Crippen LogP contribution in [0.15, 0.2) is 48.5 Å². The molecule has 0 bridgehead atoms. The van der Waals surface area contributed by atoms with Crippen LogP contribution in [0.1, 0.15) is 15.9 Å². The fourth-order valence-corrected chi connectivity index (χ4v) is 2.86. The number of nitrogens with zero attached hydrogens (tertiary/aromatic N) is 1. The largest absolute Gasteiger partial charge is 0.379 e. The number of ether oxygens (including phenoxy) is 1. The molecule has 2 aromatic carbocycles. The number of anilines is 2. The van der Waals surface area contributed by atoms with Gasteiger partial charge in [0, 0.05) is 18.8 Å². The molecular formula is C20H23N3O3. The molecular weight excluding hydrogens is 330 g/mol. The van der Waals surface area contributed by atoms with Crippen LogP contribution in [0.4, 0.5) is 11.4 Å². The summed E-state index contributed by atoms with van der Waals surface area (Å²) < 4.78 is 5.29. The first kappa shape index (κ1) is 18.1. The summed E-state index contributed by atoms with van der Waals surface area (Å²) in [6.07, 6.45) is 0. The van der Waals surface area contributed by atoms with E-state index in [1.54, 1.807) is 24.3 Å². The lowest BCUT2D eigenvalue weighted by atomic mass is 10.1. The number of amides is 2. The number of aryl methyl sites for hydroxylation is 1. The van der Waals surface area contributed by atoms with E-state index in [4.69, 9.17) is 4.74 Å². The van der Waals surface area contributed by atoms with Crippen LogP contribution in [0.25, 0.3) is 0 Å². The van der Waals surface area contributed by atoms with Crippen LogP contribution in [0.2, 0.25) is 0 Å². The Hall–Kier alpha value is -2.70. The Morgan fingerprint density at radius 1 is 1.04 bits per heavy atom. The van der Waals surface area contributed by atoms with Crippen LogP contribution in [0.5, 0.6) is 0 Å². The molecule has 26 heavy (non-hydrogen) atoms. The zero-order chi connectivity index (χ0) is 18.4. The topological polar surface area (TPSA) is 70.7 Å². The summed E-state index contributed by atoms with van der Waals surface area (Å²) in [4.78, 5) is 27.0. The van der Waals surface area contributed by atoms with Gasteiger partial charge in [0.05, 0.1) is 31.0 Å². The van der Waals surface area contributed by atoms with Gasteiger partial charge in [-0.1, -0.05) is 24.3 Å². The lowest BCUT2D eigenvalue weighted by molar-refractivity contribution is -0.118. The third-order valence-corrected chi connectivity index (χ3v) is 4.19. The number of carbonyl (C=O) groups excluding carboxylic acids is 2. The lowest BCUT2D eigenvalue weighted by Gasteiger charge is -2.25. The molecule has 6 heteroatoms. The Kier molecular flexibility index (Phi) is 5.99. The molecule has 0 saturated carbocycles. The molecule has 0 spiro atoms. The number of rotatable bonds is 5. The van der Waals surface area contributed by atoms with E-state index in [0.29, 0.717) is 24.5 Å². The van der Waals surface area contributed by atoms with E-state index in [9.17, 15) is 9.59 Å². The highest BCUT2D eigenvalue weighted by Crippen LogP contribution is 2.18. The van der Waals surface area contributed by atoms with Gasteiger partial charge in [-0.25, -0.2) is 0 Å². The minimum atomic E-state index is -0.252. The normalized spacial score (nSPS) is 14.7. The van der Waals surface area contributed by atoms with Crippen LogP contribution in [0, 0.1) is 6.92 Å². The maximum absolute atomic E-state index is 12.6. The summed E-state index contributed by atoms with van der Waals surface area (Å²) in [5.74, 6) is -0.388. The smallest absolute Gasteiger partial charge is 0.257 e. The van der Waals surface area contributed by atoms with Gasteiger partial charge in [0.1, 0.15) is 0 Å². The van der Waals surface area contributed by atoms with Crippen LogP contribution in [0.3, 0.4) is 0 Å². The molecule has 0 aliphatic carbocycles. The van der Waals surface area contributed by atoms with Crippen LogP contribution in [-0.2, 0) is 9.53 Å². The molecule has 1 fully saturated rings. The van der Waals surface area contributed by atoms with Crippen LogP contribution < -0.4 is 10.6 Å². The Labute approximate surface area is 153 Å². The van der Waals surface area contributed by atoms with Crippen molar-refractivity contribution in [3.63, 3.8) is 0 Å². The maximum Gasteiger partial charge on any atom is 0.257 e. The standard InChI is InChI=1S/C20H23N3O3/c1-15-5-4-6-16(13-15)21-20(25)17-7-2-3-8-18(17)22-19(24)14-23-9-11-26-12-10-23/h2-8,13H,9-12,14H2,1H3,(H,21,25)(H,22,24). The molecule has 2 aromatic rings. The van der Waals surface area contributed by atoms with Crippen molar-refractivity contribution >= 4 is 23.2 Å². The highest BCUT2D eigenvalue weighted by atomic mass is 16.5. The number of morpholine rings is 1. The Morgan fingerprint density at radius 3 is 2.58 bits per heavy atom. The minimum Gasteiger partial charge on any atom is -0.379 e. The van der Waals surface area contributed by atoms with Gasteiger partial charge < -0.3 is 15.4 Å². The van der Waals surface area contributed by atoms with E-state index in [0.717, 1.165) is 24.3 Å². The molecule has 2 amide bonds. The SMILES string of the molecule is Cc1cccc(NC(=O)c2ccccc2NC(=O)CN2CCOCC2)c1. The molecule has 1 heterocycles. The lowest BCUT2D eigenvalue weighted by Crippen LogP contribution is -2.41. The molecule has 136 valence electrons. The van der Waals surface area contributed by atoms with Crippen molar-refractivity contribution in [1.82, 2.24) is 4.90 Å². The first-order chi connectivity index (χ1) is 12.6. The predicted molar refractivity (Wildman–Crippen MR) is 101 cm³/mol. The van der Waals surface area contributed by atoms with Crippen molar-refractivity contribution in [3.8, 4) is 0 Å². The number of carbonyl (C=O) groups is 2. The molecule has 0 aromatic heterocycles. The van der Waals surface area contributed by atoms with Gasteiger partial charge in [0.25, 0.3) is 5.91 Å². The second-order valence-corrected chi connectivity index (χ2v) is 6.31. The average Bonchev–Trinajstić information content (AvgIpc) is 2.63. The van der Waals surface area contributed by atoms with Gasteiger partial charge in [-0.3, -0.25) is 14.5 Å². The minimum absolute atomic E-state index is 0.136. The second kappa shape index (κ2) is 8.60. The number of benzene rings is 2. The van der Waals surface area contributed by atoms with Gasteiger partial charge in [-0.05, 0) is 36.8 Å². The summed E-state index contributed by atoms with van der Waals surface area (Å²) in [6.45, 7) is 5.02. The Balaban J connectivity index is 1.67. The summed E-state index contributed by atoms with van der Waals surface area (Å²) >= 11 is 0. The van der Waals surface area contributed by atoms with E-state index in [2.05, 4.69) is 10.6 Å². The van der Waals surface area contributed by atoms with Crippen molar-refractivity contribution in [2.45, 2.75) is 6.92 Å². The molecule has 0 radical (unpaired) electrons. The maximum atomic E-state index is 12.6. The van der Waals surface area contributed by atoms with E-state index in [-0.39, 0.29) is 18.4 Å². The van der Waals surface area contributed by atoms with Crippen molar-refractivity contribution in [1.29, 1.82) is 0 Å². The zero-order valence-electron chi connectivity index (χ0n) is 14.8. The third-order valence-electron chi connectivity index (χ3n) is 4.19. The van der Waals surface area contributed by atoms with Crippen molar-refractivity contribution in [3.05, 3.63) is 59.7 Å². The van der Waals surface area contributed by atoms with Crippen molar-refractivity contribution in [2.75, 3.05) is 43.5 Å². The molecule has 1 aliphatic rings. The summed E-state index contributed by atoms with van der Waals surface area (Å²) in [5.41, 5.74) is 2.74. The van der Waals surface area contributed by atoms with Gasteiger partial charge in [0.2, 0.25) is 5.91 Å². The molecule has 0 unspecified atom stereocenters. The first-order valence-corrected chi connectivity index (χ1v) is 8.69. The van der Waals surface area contributed by atoms with Gasteiger partial charge >= 0.3 is 0 Å². The summed E-state index contributed by atoms with van der Waals surface area (Å²) in [5, 5.41) is 5.73. The van der Waals surface area contributed by atoms with E-state index in [1.165, 1.54) is 0 Å². The van der Waals surface area contributed by atoms with E-state index in [1.807, 2.05) is 36.1 Å². The summed E-state index contributed by atoms with van der Waals surface area (Å²) in [7, 11) is 0. The Bertz CT molecular complexity index is 785. The number of nitrogens with one attached hydrogen (secondary N) is 2. The number of hydrogen-bond acceptors (Lipinski definition) is 4. The highest BCUT2D eigenvalue weighted by Gasteiger charge is 2.17. The molecule has 2 N–H and O–H groups in total. The van der Waals surface area contributed by atoms with Gasteiger partial charge in [0.15, 0.2) is 0 Å². The van der Waals surface area contributed by atoms with Gasteiger partial charge in [-0.15, -0.1) is 0 Å². The molecule has 1 aliphatic heterocycles. The fraction of sp³-hybridized carbons (Fsp3) is 0.300. The second-order valence-electron chi connectivity index (χ2n) is 6.31. The van der Waals surface area contributed by atoms with Gasteiger partial charge in [-0.2, -0.15) is 0 Å². The molecule has 3 rings (SSSR count). The molecule has 6 nitrogen and oxygen atoms in total. The van der Waals surface area contributed by atoms with Crippen molar-refractivity contribution < 1.29 is 14.3 Å². The third kappa shape index (κ3) is 4.91. The monoisotopic (exact) mass is 353 g/mol. The highest BCUT2D eigenvalue weighted by molar-refractivity contribution is 6.10. The first-order valence-electron chi connectivity index (χ1n) is 8.69. The molecule has 1 saturated heterocycles. The fourth-order valence-electron chi connectivity index (χ4n) is 2.86. The van der Waals surface area contributed by atoms with E-state index >= 15 is 0 Å². The number of hydrogen-bond donors (Lipinski definition) is 2. The van der Waals surface area contributed by atoms with E-state index < -0.39 is 0 Å². The summed E-state index contributed by atoms with van der Waals surface area (Å²) in [6, 6.07) is 14.6. The Morgan fingerprint density at radius 2 is 1.81 bits per heavy atom. The molecule has 0 atom stereocenters. The van der Waals surface area contributed by atoms with Crippen LogP contribution in [-0.4, -0.2) is 49.6 Å². The van der Waals surface area contributed by atoms with Crippen molar-refractivity contribution in [2.24, 2.45) is 0 Å². The number of para-hydroxylation sites is 1. The average molecular weight is 353 g/mol.